The Hall–Kier alpha value is -6.58. The summed E-state index contributed by atoms with van der Waals surface area (Å²) < 4.78 is 132. The zero-order valence-corrected chi connectivity index (χ0v) is 43.0. The molecule has 0 fully saturated rings. The molecule has 7 rings (SSSR count). The number of nitrogens with zero attached hydrogens (tertiary/aromatic N) is 7. The molecular formula is C46H54F2N10O11S3. The van der Waals surface area contributed by atoms with E-state index >= 15 is 0 Å². The van der Waals surface area contributed by atoms with Gasteiger partial charge in [0.2, 0.25) is 22.6 Å². The van der Waals surface area contributed by atoms with Crippen molar-refractivity contribution < 1.29 is 57.3 Å². The summed E-state index contributed by atoms with van der Waals surface area (Å²) in [7, 11) is -16.3. The minimum atomic E-state index is -5.69. The molecule has 21 nitrogen and oxygen atoms in total. The minimum absolute atomic E-state index is 0.00174. The van der Waals surface area contributed by atoms with Crippen molar-refractivity contribution in [1.29, 1.82) is 0 Å². The molecular weight excluding hydrogens is 1000 g/mol. The van der Waals surface area contributed by atoms with E-state index in [4.69, 9.17) is 15.7 Å². The van der Waals surface area contributed by atoms with E-state index in [0.29, 0.717) is 52.1 Å². The zero-order valence-electron chi connectivity index (χ0n) is 40.6. The predicted octanol–water partition coefficient (Wildman–Crippen LogP) is 7.01. The molecule has 0 aliphatic rings. The van der Waals surface area contributed by atoms with Gasteiger partial charge in [-0.3, -0.25) is 32.4 Å². The number of anilines is 2. The van der Waals surface area contributed by atoms with E-state index in [1.165, 1.54) is 41.0 Å². The van der Waals surface area contributed by atoms with Gasteiger partial charge in [-0.1, -0.05) is 62.3 Å². The lowest BCUT2D eigenvalue weighted by molar-refractivity contribution is 0.0814. The fourth-order valence-electron chi connectivity index (χ4n) is 7.34. The second-order valence-corrected chi connectivity index (χ2v) is 25.2. The first-order valence-electron chi connectivity index (χ1n) is 21.8. The molecule has 0 saturated carbocycles. The number of fused-ring (bicyclic) bond motifs is 2. The van der Waals surface area contributed by atoms with Crippen molar-refractivity contribution in [2.75, 3.05) is 22.6 Å². The average Bonchev–Trinajstić information content (AvgIpc) is 3.91. The van der Waals surface area contributed by atoms with Gasteiger partial charge in [0, 0.05) is 29.6 Å². The van der Waals surface area contributed by atoms with Crippen LogP contribution < -0.4 is 11.1 Å². The number of rotatable bonds is 14. The van der Waals surface area contributed by atoms with Crippen LogP contribution in [-0.4, -0.2) is 106 Å². The van der Waals surface area contributed by atoms with E-state index in [2.05, 4.69) is 25.3 Å². The van der Waals surface area contributed by atoms with Gasteiger partial charge in [-0.2, -0.15) is 25.3 Å². The lowest BCUT2D eigenvalue weighted by atomic mass is 9.96. The predicted molar refractivity (Wildman–Crippen MR) is 266 cm³/mol. The molecule has 7 aromatic rings. The second kappa shape index (κ2) is 19.4. The van der Waals surface area contributed by atoms with Crippen LogP contribution in [0.4, 0.5) is 20.7 Å². The maximum absolute atomic E-state index is 13.7. The van der Waals surface area contributed by atoms with Gasteiger partial charge in [0.1, 0.15) is 45.7 Å². The highest BCUT2D eigenvalue weighted by Gasteiger charge is 2.51. The number of nitrogens with two attached hydrogens (primary N) is 1. The molecule has 0 bridgehead atoms. The molecule has 5 aromatic heterocycles. The summed E-state index contributed by atoms with van der Waals surface area (Å²) in [5.41, 5.74) is 8.16. The summed E-state index contributed by atoms with van der Waals surface area (Å²) in [6, 6.07) is 16.7. The third-order valence-corrected chi connectivity index (χ3v) is 13.9. The van der Waals surface area contributed by atoms with Crippen molar-refractivity contribution in [1.82, 2.24) is 39.0 Å². The number of hydrogen-bond donors (Lipinski definition) is 6. The Balaban J connectivity index is 0.000000274. The lowest BCUT2D eigenvalue weighted by Crippen LogP contribution is -2.56. The van der Waals surface area contributed by atoms with Crippen LogP contribution in [0.25, 0.3) is 45.0 Å². The lowest BCUT2D eigenvalue weighted by Gasteiger charge is -2.30. The number of carbonyl (C=O) groups excluding carboxylic acids is 2. The molecule has 0 saturated heterocycles. The fourth-order valence-corrected chi connectivity index (χ4v) is 11.3. The number of carbonyl (C=O) groups is 2. The van der Waals surface area contributed by atoms with Crippen LogP contribution >= 0.6 is 0 Å². The van der Waals surface area contributed by atoms with Crippen molar-refractivity contribution in [3.63, 3.8) is 0 Å². The monoisotopic (exact) mass is 1060 g/mol. The highest BCUT2D eigenvalue weighted by atomic mass is 32.2. The van der Waals surface area contributed by atoms with Crippen LogP contribution in [0.2, 0.25) is 0 Å². The van der Waals surface area contributed by atoms with Gasteiger partial charge in [0.25, 0.3) is 36.1 Å². The number of imidazole rings is 3. The van der Waals surface area contributed by atoms with Gasteiger partial charge in [-0.15, -0.1) is 0 Å². The third-order valence-electron chi connectivity index (χ3n) is 10.5. The van der Waals surface area contributed by atoms with Crippen LogP contribution in [0, 0.1) is 22.5 Å². The van der Waals surface area contributed by atoms with Gasteiger partial charge < -0.3 is 16.0 Å². The van der Waals surface area contributed by atoms with Crippen molar-refractivity contribution >= 4 is 76.1 Å². The Morgan fingerprint density at radius 2 is 1.14 bits per heavy atom. The number of nitrogens with one attached hydrogen (secondary N) is 2. The number of aromatic nitrogens is 8. The van der Waals surface area contributed by atoms with Crippen molar-refractivity contribution in [3.05, 3.63) is 102 Å². The number of pyridine rings is 2. The number of Topliss-reactive ketones (excluding diaryl/α,β-unsaturated/α-hetero) is 2. The number of benzene rings is 2. The third kappa shape index (κ3) is 13.1. The van der Waals surface area contributed by atoms with E-state index in [1.807, 2.05) is 62.3 Å². The molecule has 0 unspecified atom stereocenters. The molecule has 0 atom stereocenters. The van der Waals surface area contributed by atoms with Crippen molar-refractivity contribution in [2.45, 2.75) is 85.7 Å². The molecule has 2 aromatic carbocycles. The van der Waals surface area contributed by atoms with Crippen LogP contribution in [0.15, 0.2) is 72.8 Å². The van der Waals surface area contributed by atoms with Gasteiger partial charge >= 0.3 is 0 Å². The topological polar surface area (TPSA) is 325 Å². The quantitative estimate of drug-likeness (QED) is 0.0362. The summed E-state index contributed by atoms with van der Waals surface area (Å²) in [6.45, 7) is 18.0. The Kier molecular flexibility index (Phi) is 14.8. The van der Waals surface area contributed by atoms with Gasteiger partial charge in [0.05, 0.1) is 17.1 Å². The number of hydrogen-bond acceptors (Lipinski definition) is 15. The van der Waals surface area contributed by atoms with Crippen molar-refractivity contribution in [2.24, 2.45) is 10.8 Å². The Morgan fingerprint density at radius 1 is 0.639 bits per heavy atom. The summed E-state index contributed by atoms with van der Waals surface area (Å²) in [5, 5.41) is 2.19. The molecule has 0 radical (unpaired) electrons. The second-order valence-electron chi connectivity index (χ2n) is 20.6. The number of halogens is 2. The Morgan fingerprint density at radius 3 is 1.65 bits per heavy atom. The maximum Gasteiger partial charge on any atom is 0.291 e. The standard InChI is InChI=1S/C27H35FN6O9S3.C19H19FN4O2/c1-25(2,3)13-34-22-19(30-24(34)33-27(46(41,42)43,14-44(35,36)37)15-45(38,39)40)12-11-18(29-22)21-20(16-7-9-17(28)10-8-16)31-23(32-21)26(4,5)6;1-19(2,3)10-24-17-14(23-18(24)21)9-8-13(22-17)16(26)15(25)11-4-6-12(20)7-5-11/h7-12H,13-15H2,1-6H3,(H,30,33)(H,31,32)(H,35,36,37)(H,38,39,40)(H,41,42,43);4-9H,10H2,1-3H3,(H2,21,23). The van der Waals surface area contributed by atoms with Gasteiger partial charge in [-0.05, 0) is 83.6 Å². The van der Waals surface area contributed by atoms with Crippen LogP contribution in [0.1, 0.15) is 89.0 Å². The molecule has 5 heterocycles. The van der Waals surface area contributed by atoms with Crippen LogP contribution in [0.5, 0.6) is 0 Å². The van der Waals surface area contributed by atoms with Crippen LogP contribution in [-0.2, 0) is 48.9 Å². The van der Waals surface area contributed by atoms with E-state index in [0.717, 1.165) is 12.1 Å². The first-order chi connectivity index (χ1) is 32.9. The first kappa shape index (κ1) is 54.7. The van der Waals surface area contributed by atoms with Crippen molar-refractivity contribution in [3.8, 4) is 22.6 Å². The minimum Gasteiger partial charge on any atom is -0.369 e. The maximum atomic E-state index is 13.7. The number of ketones is 2. The summed E-state index contributed by atoms with van der Waals surface area (Å²) in [5.74, 6) is -5.67. The highest BCUT2D eigenvalue weighted by molar-refractivity contribution is 7.92. The van der Waals surface area contributed by atoms with E-state index in [-0.39, 0.29) is 34.4 Å². The summed E-state index contributed by atoms with van der Waals surface area (Å²) in [6.07, 6.45) is 0. The van der Waals surface area contributed by atoms with Crippen LogP contribution in [0.3, 0.4) is 0 Å². The van der Waals surface area contributed by atoms with E-state index < -0.39 is 86.7 Å². The summed E-state index contributed by atoms with van der Waals surface area (Å²) >= 11 is 0. The largest absolute Gasteiger partial charge is 0.369 e. The normalized spacial score (nSPS) is 13.0. The molecule has 0 spiro atoms. The molecule has 7 N–H and O–H groups in total. The first-order valence-corrected chi connectivity index (χ1v) is 26.5. The SMILES string of the molecule is CC(C)(C)Cn1c(N)nc2ccc(C(=O)C(=O)c3ccc(F)cc3)nc21.CC(C)(C)Cn1c(NC(CS(=O)(=O)O)(CS(=O)(=O)O)S(=O)(=O)O)nc2ccc(-c3[nH]c(C(C)(C)C)nc3-c3ccc(F)cc3)nc21. The molecule has 72 heavy (non-hydrogen) atoms. The molecule has 0 aliphatic carbocycles. The molecule has 0 aliphatic heterocycles. The fraction of sp³-hybridized carbons (Fsp3) is 0.370. The number of nitrogen functional groups attached to an aromatic ring is 1. The molecule has 386 valence electrons. The van der Waals surface area contributed by atoms with E-state index in [1.54, 1.807) is 28.8 Å². The van der Waals surface area contributed by atoms with Gasteiger partial charge in [-0.25, -0.2) is 33.7 Å². The average molecular weight is 1060 g/mol. The highest BCUT2D eigenvalue weighted by Crippen LogP contribution is 2.36. The smallest absolute Gasteiger partial charge is 0.291 e. The number of H-pyrrole nitrogens is 1. The Labute approximate surface area is 414 Å². The van der Waals surface area contributed by atoms with E-state index in [9.17, 15) is 57.3 Å². The molecule has 0 amide bonds. The summed E-state index contributed by atoms with van der Waals surface area (Å²) in [4.78, 5) is 47.2. The zero-order chi connectivity index (χ0) is 53.7. The molecule has 26 heteroatoms. The van der Waals surface area contributed by atoms with Gasteiger partial charge in [0.15, 0.2) is 11.3 Å². The number of aromatic amines is 1. The Bertz CT molecular complexity index is 3520.